The summed E-state index contributed by atoms with van der Waals surface area (Å²) in [4.78, 5) is 12.2. The molecule has 0 aliphatic heterocycles. The number of amides is 2. The predicted molar refractivity (Wildman–Crippen MR) is 94.1 cm³/mol. The van der Waals surface area contributed by atoms with Crippen molar-refractivity contribution in [1.29, 1.82) is 0 Å². The largest absolute Gasteiger partial charge is 0.505 e. The van der Waals surface area contributed by atoms with Crippen LogP contribution in [0.2, 0.25) is 5.02 Å². The van der Waals surface area contributed by atoms with Crippen molar-refractivity contribution in [3.8, 4) is 5.75 Å². The third-order valence-corrected chi connectivity index (χ3v) is 3.44. The predicted octanol–water partition coefficient (Wildman–Crippen LogP) is 4.44. The minimum Gasteiger partial charge on any atom is -0.505 e. The molecule has 130 valence electrons. The van der Waals surface area contributed by atoms with Gasteiger partial charge in [0.05, 0.1) is 11.8 Å². The highest BCUT2D eigenvalue weighted by Gasteiger charge is 2.27. The van der Waals surface area contributed by atoms with Crippen molar-refractivity contribution in [2.45, 2.75) is 59.6 Å². The van der Waals surface area contributed by atoms with E-state index in [1.54, 1.807) is 0 Å². The van der Waals surface area contributed by atoms with Crippen LogP contribution in [0, 0.1) is 5.41 Å². The summed E-state index contributed by atoms with van der Waals surface area (Å²) in [6.45, 7) is 11.7. The van der Waals surface area contributed by atoms with E-state index < -0.39 is 17.7 Å². The molecule has 0 spiro atoms. The second-order valence-electron chi connectivity index (χ2n) is 7.77. The Kier molecular flexibility index (Phi) is 5.94. The van der Waals surface area contributed by atoms with Crippen LogP contribution in [0.25, 0.3) is 0 Å². The number of hydrogen-bond acceptors (Lipinski definition) is 3. The minimum atomic E-state index is -0.894. The maximum atomic E-state index is 12.2. The number of phenols is 1. The van der Waals surface area contributed by atoms with Gasteiger partial charge in [0.15, 0.2) is 0 Å². The number of benzene rings is 1. The topological polar surface area (TPSA) is 81.6 Å². The van der Waals surface area contributed by atoms with E-state index in [9.17, 15) is 15.0 Å². The van der Waals surface area contributed by atoms with Gasteiger partial charge in [0, 0.05) is 16.1 Å². The van der Waals surface area contributed by atoms with Crippen LogP contribution < -0.4 is 10.6 Å². The molecule has 1 aromatic carbocycles. The molecule has 0 fully saturated rings. The Morgan fingerprint density at radius 3 is 2.30 bits per heavy atom. The second-order valence-corrected chi connectivity index (χ2v) is 8.20. The number of hydrogen-bond donors (Lipinski definition) is 4. The molecule has 1 aromatic rings. The molecule has 2 amide bonds. The minimum absolute atomic E-state index is 0.0640. The van der Waals surface area contributed by atoms with Crippen LogP contribution in [0.3, 0.4) is 0 Å². The van der Waals surface area contributed by atoms with Gasteiger partial charge < -0.3 is 20.8 Å². The highest BCUT2D eigenvalue weighted by atomic mass is 35.5. The van der Waals surface area contributed by atoms with Crippen molar-refractivity contribution in [3.05, 3.63) is 22.7 Å². The number of rotatable bonds is 4. The van der Waals surface area contributed by atoms with E-state index in [1.165, 1.54) is 19.1 Å². The monoisotopic (exact) mass is 342 g/mol. The molecule has 6 heteroatoms. The highest BCUT2D eigenvalue weighted by molar-refractivity contribution is 6.31. The van der Waals surface area contributed by atoms with Crippen molar-refractivity contribution in [1.82, 2.24) is 5.32 Å². The van der Waals surface area contributed by atoms with Crippen LogP contribution in [0.1, 0.15) is 59.6 Å². The molecule has 0 aliphatic carbocycles. The van der Waals surface area contributed by atoms with Crippen LogP contribution >= 0.6 is 11.6 Å². The fraction of sp³-hybridized carbons (Fsp3) is 0.588. The summed E-state index contributed by atoms with van der Waals surface area (Å²) in [6.07, 6.45) is -0.108. The summed E-state index contributed by atoms with van der Waals surface area (Å²) in [7, 11) is 0. The average Bonchev–Trinajstić information content (AvgIpc) is 2.28. The summed E-state index contributed by atoms with van der Waals surface area (Å²) in [5.74, 6) is -0.187. The molecule has 0 aromatic heterocycles. The van der Waals surface area contributed by atoms with Gasteiger partial charge in [0.1, 0.15) is 5.75 Å². The molecule has 0 saturated heterocycles. The summed E-state index contributed by atoms with van der Waals surface area (Å²) < 4.78 is 0. The molecule has 23 heavy (non-hydrogen) atoms. The number of anilines is 1. The number of carbonyl (C=O) groups excluding carboxylic acids is 1. The van der Waals surface area contributed by atoms with E-state index in [2.05, 4.69) is 31.4 Å². The molecule has 4 N–H and O–H groups in total. The Labute approximate surface area is 143 Å². The van der Waals surface area contributed by atoms with Crippen LogP contribution in [-0.4, -0.2) is 21.8 Å². The van der Waals surface area contributed by atoms with Gasteiger partial charge in [0.2, 0.25) is 0 Å². The molecule has 1 rings (SSSR count). The zero-order chi connectivity index (χ0) is 18.0. The smallest absolute Gasteiger partial charge is 0.319 e. The van der Waals surface area contributed by atoms with E-state index >= 15 is 0 Å². The normalized spacial score (nSPS) is 13.6. The van der Waals surface area contributed by atoms with Gasteiger partial charge in [-0.2, -0.15) is 0 Å². The number of aliphatic hydroxyl groups is 1. The Balaban J connectivity index is 2.90. The summed E-state index contributed by atoms with van der Waals surface area (Å²) >= 11 is 5.98. The number of aliphatic hydroxyl groups excluding tert-OH is 1. The van der Waals surface area contributed by atoms with Crippen LogP contribution in [0.15, 0.2) is 12.1 Å². The van der Waals surface area contributed by atoms with Crippen LogP contribution in [0.5, 0.6) is 5.75 Å². The summed E-state index contributed by atoms with van der Waals surface area (Å²) in [6, 6.07) is 2.47. The van der Waals surface area contributed by atoms with Gasteiger partial charge in [-0.3, -0.25) is 0 Å². The van der Waals surface area contributed by atoms with Gasteiger partial charge in [-0.15, -0.1) is 0 Å². The van der Waals surface area contributed by atoms with Crippen molar-refractivity contribution < 1.29 is 15.0 Å². The lowest BCUT2D eigenvalue weighted by molar-refractivity contribution is 0.195. The lowest BCUT2D eigenvalue weighted by Gasteiger charge is -2.33. The highest BCUT2D eigenvalue weighted by Crippen LogP contribution is 2.35. The Morgan fingerprint density at radius 1 is 1.26 bits per heavy atom. The van der Waals surface area contributed by atoms with Crippen LogP contribution in [0.4, 0.5) is 10.5 Å². The SMILES string of the molecule is CC(O)c1cc(Cl)cc(NC(=O)NC(C)(C)CC(C)(C)C)c1O. The van der Waals surface area contributed by atoms with E-state index in [-0.39, 0.29) is 22.4 Å². The molecular formula is C17H27ClN2O3. The number of nitrogens with one attached hydrogen (secondary N) is 2. The van der Waals surface area contributed by atoms with Crippen molar-refractivity contribution in [3.63, 3.8) is 0 Å². The van der Waals surface area contributed by atoms with E-state index in [4.69, 9.17) is 11.6 Å². The van der Waals surface area contributed by atoms with Crippen molar-refractivity contribution >= 4 is 23.3 Å². The quantitative estimate of drug-likeness (QED) is 0.611. The zero-order valence-electron chi connectivity index (χ0n) is 14.6. The van der Waals surface area contributed by atoms with Gasteiger partial charge in [-0.1, -0.05) is 32.4 Å². The zero-order valence-corrected chi connectivity index (χ0v) is 15.4. The van der Waals surface area contributed by atoms with E-state index in [0.29, 0.717) is 5.02 Å². The Morgan fingerprint density at radius 2 is 1.83 bits per heavy atom. The van der Waals surface area contributed by atoms with Crippen molar-refractivity contribution in [2.75, 3.05) is 5.32 Å². The maximum absolute atomic E-state index is 12.2. The first-order valence-electron chi connectivity index (χ1n) is 7.60. The molecule has 1 atom stereocenters. The Hall–Kier alpha value is -1.46. The molecule has 5 nitrogen and oxygen atoms in total. The number of aromatic hydroxyl groups is 1. The molecule has 0 heterocycles. The molecule has 0 radical (unpaired) electrons. The third-order valence-electron chi connectivity index (χ3n) is 3.23. The third kappa shape index (κ3) is 6.28. The summed E-state index contributed by atoms with van der Waals surface area (Å²) in [5.41, 5.74) is 0.0807. The first-order valence-corrected chi connectivity index (χ1v) is 7.98. The average molecular weight is 343 g/mol. The van der Waals surface area contributed by atoms with Gasteiger partial charge in [-0.25, -0.2) is 4.79 Å². The number of carbonyl (C=O) groups is 1. The molecule has 0 bridgehead atoms. The molecule has 0 aliphatic rings. The number of urea groups is 1. The van der Waals surface area contributed by atoms with Gasteiger partial charge in [0.25, 0.3) is 0 Å². The number of phenolic OH excluding ortho intramolecular Hbond substituents is 1. The standard InChI is InChI=1S/C17H27ClN2O3/c1-10(21)12-7-11(18)8-13(14(12)22)19-15(23)20-17(5,6)9-16(2,3)4/h7-8,10,21-22H,9H2,1-6H3,(H2,19,20,23). The van der Waals surface area contributed by atoms with E-state index in [1.807, 2.05) is 13.8 Å². The van der Waals surface area contributed by atoms with Crippen molar-refractivity contribution in [2.24, 2.45) is 5.41 Å². The lowest BCUT2D eigenvalue weighted by atomic mass is 9.82. The van der Waals surface area contributed by atoms with Gasteiger partial charge >= 0.3 is 6.03 Å². The fourth-order valence-electron chi connectivity index (χ4n) is 2.86. The van der Waals surface area contributed by atoms with Crippen LogP contribution in [-0.2, 0) is 0 Å². The van der Waals surface area contributed by atoms with E-state index in [0.717, 1.165) is 6.42 Å². The second kappa shape index (κ2) is 6.97. The molecule has 1 unspecified atom stereocenters. The maximum Gasteiger partial charge on any atom is 0.319 e. The summed E-state index contributed by atoms with van der Waals surface area (Å²) in [5, 5.41) is 25.6. The Bertz CT molecular complexity index is 578. The molecular weight excluding hydrogens is 316 g/mol. The first kappa shape index (κ1) is 19.6. The lowest BCUT2D eigenvalue weighted by Crippen LogP contribution is -2.47. The first-order chi connectivity index (χ1) is 10.3. The number of halogens is 1. The molecule has 0 saturated carbocycles. The van der Waals surface area contributed by atoms with Gasteiger partial charge in [-0.05, 0) is 44.7 Å². The fourth-order valence-corrected chi connectivity index (χ4v) is 3.09.